The maximum absolute atomic E-state index is 12.2. The summed E-state index contributed by atoms with van der Waals surface area (Å²) in [5.74, 6) is 0.0690. The quantitative estimate of drug-likeness (QED) is 0.283. The molecule has 0 N–H and O–H groups in total. The molecule has 0 saturated heterocycles. The molecule has 0 unspecified atom stereocenters. The minimum atomic E-state index is -0.113. The van der Waals surface area contributed by atoms with Gasteiger partial charge in [-0.1, -0.05) is 63.5 Å². The van der Waals surface area contributed by atoms with E-state index in [0.717, 1.165) is 23.0 Å². The summed E-state index contributed by atoms with van der Waals surface area (Å²) in [5.41, 5.74) is 4.19. The van der Waals surface area contributed by atoms with Gasteiger partial charge >= 0.3 is 0 Å². The number of hydrogen-bond acceptors (Lipinski definition) is 2. The van der Waals surface area contributed by atoms with Gasteiger partial charge in [-0.05, 0) is 49.0 Å². The lowest BCUT2D eigenvalue weighted by molar-refractivity contribution is -0.118. The Morgan fingerprint density at radius 3 is 2.08 bits per heavy atom. The average Bonchev–Trinajstić information content (AvgIpc) is 2.50. The Kier molecular flexibility index (Phi) is 9.56. The zero-order valence-corrected chi connectivity index (χ0v) is 15.5. The highest BCUT2D eigenvalue weighted by Crippen LogP contribution is 2.28. The van der Waals surface area contributed by atoms with Crippen molar-refractivity contribution in [2.45, 2.75) is 40.5 Å². The van der Waals surface area contributed by atoms with Crippen molar-refractivity contribution in [2.24, 2.45) is 11.8 Å². The Balaban J connectivity index is 4.74. The van der Waals surface area contributed by atoms with Crippen LogP contribution in [0.5, 0.6) is 0 Å². The minimum absolute atomic E-state index is 0.0847. The highest BCUT2D eigenvalue weighted by Gasteiger charge is 2.18. The molecule has 0 bridgehead atoms. The van der Waals surface area contributed by atoms with E-state index in [4.69, 9.17) is 0 Å². The van der Waals surface area contributed by atoms with E-state index in [-0.39, 0.29) is 24.0 Å². The molecule has 0 aliphatic rings. The first-order chi connectivity index (χ1) is 11.1. The summed E-state index contributed by atoms with van der Waals surface area (Å²) >= 11 is 0. The van der Waals surface area contributed by atoms with Crippen LogP contribution in [0.4, 0.5) is 0 Å². The van der Waals surface area contributed by atoms with Crippen molar-refractivity contribution in [2.75, 3.05) is 0 Å². The number of rotatable bonds is 11. The van der Waals surface area contributed by atoms with Crippen LogP contribution in [0.25, 0.3) is 0 Å². The van der Waals surface area contributed by atoms with Gasteiger partial charge in [0.15, 0.2) is 5.78 Å². The smallest absolute Gasteiger partial charge is 0.158 e. The van der Waals surface area contributed by atoms with Crippen molar-refractivity contribution >= 4 is 12.1 Å². The second-order valence-electron chi connectivity index (χ2n) is 6.49. The molecule has 2 atom stereocenters. The number of aldehydes is 1. The predicted octanol–water partition coefficient (Wildman–Crippen LogP) is 5.55. The molecular weight excluding hydrogens is 296 g/mol. The SMILES string of the molecule is C=C(C)/C=C(C)/C=C/C(=O)[C@H](C)C[C@H](C)C(=C)C(=C)C(=C)CC=O. The molecule has 0 amide bonds. The van der Waals surface area contributed by atoms with Crippen LogP contribution in [0.2, 0.25) is 0 Å². The molecule has 0 heterocycles. The van der Waals surface area contributed by atoms with Crippen LogP contribution in [0.1, 0.15) is 40.5 Å². The monoisotopic (exact) mass is 326 g/mol. The number of ketones is 1. The normalized spacial score (nSPS) is 14.1. The van der Waals surface area contributed by atoms with Crippen LogP contribution in [0, 0.1) is 11.8 Å². The van der Waals surface area contributed by atoms with Gasteiger partial charge in [-0.2, -0.15) is 0 Å². The summed E-state index contributed by atoms with van der Waals surface area (Å²) in [6, 6.07) is 0. The largest absolute Gasteiger partial charge is 0.303 e. The molecule has 0 rings (SSSR count). The van der Waals surface area contributed by atoms with Crippen LogP contribution < -0.4 is 0 Å². The van der Waals surface area contributed by atoms with E-state index in [2.05, 4.69) is 26.3 Å². The molecule has 24 heavy (non-hydrogen) atoms. The molecule has 0 aromatic heterocycles. The van der Waals surface area contributed by atoms with Gasteiger partial charge in [-0.15, -0.1) is 0 Å². The van der Waals surface area contributed by atoms with Crippen LogP contribution in [-0.4, -0.2) is 12.1 Å². The average molecular weight is 326 g/mol. The molecular formula is C22H30O2. The topological polar surface area (TPSA) is 34.1 Å². The molecule has 0 aromatic carbocycles. The first kappa shape index (κ1) is 21.8. The highest BCUT2D eigenvalue weighted by atomic mass is 16.1. The Hall–Kier alpha value is -2.22. The van der Waals surface area contributed by atoms with Gasteiger partial charge in [0.2, 0.25) is 0 Å². The van der Waals surface area contributed by atoms with Gasteiger partial charge in [0, 0.05) is 12.3 Å². The van der Waals surface area contributed by atoms with E-state index in [0.29, 0.717) is 17.6 Å². The minimum Gasteiger partial charge on any atom is -0.303 e. The van der Waals surface area contributed by atoms with Crippen molar-refractivity contribution in [3.8, 4) is 0 Å². The van der Waals surface area contributed by atoms with Gasteiger partial charge in [-0.25, -0.2) is 0 Å². The molecule has 0 saturated carbocycles. The highest BCUT2D eigenvalue weighted by molar-refractivity contribution is 5.91. The Bertz CT molecular complexity index is 599. The van der Waals surface area contributed by atoms with Crippen LogP contribution in [0.15, 0.2) is 72.4 Å². The van der Waals surface area contributed by atoms with E-state index in [1.54, 1.807) is 6.08 Å². The predicted molar refractivity (Wildman–Crippen MR) is 104 cm³/mol. The molecule has 0 fully saturated rings. The standard InChI is InChI=1S/C22H30O2/c1-15(2)13-16(3)9-10-22(24)19(6)14-18(5)21(8)20(7)17(4)11-12-23/h9-10,12-13,18-19H,1,4,7-8,11,14H2,2-3,5-6H3/b10-9+,16-13+/t18-,19+/m0/s1. The fourth-order valence-electron chi connectivity index (χ4n) is 2.35. The fraction of sp³-hybridized carbons (Fsp3) is 0.364. The van der Waals surface area contributed by atoms with E-state index in [1.807, 2.05) is 39.8 Å². The third kappa shape index (κ3) is 7.87. The maximum atomic E-state index is 12.2. The fourth-order valence-corrected chi connectivity index (χ4v) is 2.35. The Morgan fingerprint density at radius 1 is 1.00 bits per heavy atom. The summed E-state index contributed by atoms with van der Waals surface area (Å²) in [6.07, 6.45) is 7.12. The summed E-state index contributed by atoms with van der Waals surface area (Å²) in [5, 5.41) is 0. The lowest BCUT2D eigenvalue weighted by Crippen LogP contribution is -2.14. The van der Waals surface area contributed by atoms with Gasteiger partial charge in [-0.3, -0.25) is 4.79 Å². The molecule has 0 aliphatic heterocycles. The first-order valence-corrected chi connectivity index (χ1v) is 8.15. The third-order valence-corrected chi connectivity index (χ3v) is 3.92. The number of carbonyl (C=O) groups is 2. The van der Waals surface area contributed by atoms with E-state index in [9.17, 15) is 9.59 Å². The molecule has 2 heteroatoms. The zero-order chi connectivity index (χ0) is 18.9. The summed E-state index contributed by atoms with van der Waals surface area (Å²) in [7, 11) is 0. The number of allylic oxidation sites excluding steroid dienone is 8. The molecule has 0 spiro atoms. The molecule has 130 valence electrons. The molecule has 2 nitrogen and oxygen atoms in total. The maximum Gasteiger partial charge on any atom is 0.158 e. The lowest BCUT2D eigenvalue weighted by Gasteiger charge is -2.20. The molecule has 0 aromatic rings. The first-order valence-electron chi connectivity index (χ1n) is 8.15. The van der Waals surface area contributed by atoms with E-state index < -0.39 is 0 Å². The van der Waals surface area contributed by atoms with Crippen molar-refractivity contribution in [3.05, 3.63) is 72.4 Å². The van der Waals surface area contributed by atoms with Crippen molar-refractivity contribution in [1.82, 2.24) is 0 Å². The Morgan fingerprint density at radius 2 is 1.58 bits per heavy atom. The van der Waals surface area contributed by atoms with Crippen LogP contribution in [0.3, 0.4) is 0 Å². The van der Waals surface area contributed by atoms with E-state index >= 15 is 0 Å². The third-order valence-electron chi connectivity index (χ3n) is 3.92. The summed E-state index contributed by atoms with van der Waals surface area (Å²) in [6.45, 7) is 23.5. The van der Waals surface area contributed by atoms with Crippen molar-refractivity contribution in [3.63, 3.8) is 0 Å². The summed E-state index contributed by atoms with van der Waals surface area (Å²) < 4.78 is 0. The Labute approximate surface area is 147 Å². The zero-order valence-electron chi connectivity index (χ0n) is 15.5. The second-order valence-corrected chi connectivity index (χ2v) is 6.49. The molecule has 0 aliphatic carbocycles. The number of carbonyl (C=O) groups excluding carboxylic acids is 2. The molecule has 0 radical (unpaired) electrons. The van der Waals surface area contributed by atoms with Gasteiger partial charge < -0.3 is 4.79 Å². The van der Waals surface area contributed by atoms with Crippen molar-refractivity contribution in [1.29, 1.82) is 0 Å². The van der Waals surface area contributed by atoms with Crippen LogP contribution in [-0.2, 0) is 9.59 Å². The second kappa shape index (κ2) is 10.5. The summed E-state index contributed by atoms with van der Waals surface area (Å²) in [4.78, 5) is 22.8. The van der Waals surface area contributed by atoms with Gasteiger partial charge in [0.05, 0.1) is 0 Å². The van der Waals surface area contributed by atoms with Gasteiger partial charge in [0.25, 0.3) is 0 Å². The van der Waals surface area contributed by atoms with Gasteiger partial charge in [0.1, 0.15) is 6.29 Å². The van der Waals surface area contributed by atoms with Crippen molar-refractivity contribution < 1.29 is 9.59 Å². The lowest BCUT2D eigenvalue weighted by atomic mass is 9.84. The van der Waals surface area contributed by atoms with Crippen LogP contribution >= 0.6 is 0 Å². The van der Waals surface area contributed by atoms with E-state index in [1.165, 1.54) is 0 Å². The number of hydrogen-bond donors (Lipinski definition) is 0.